The van der Waals surface area contributed by atoms with Crippen LogP contribution < -0.4 is 5.32 Å². The third kappa shape index (κ3) is 5.95. The van der Waals surface area contributed by atoms with Crippen molar-refractivity contribution in [2.45, 2.75) is 70.3 Å². The summed E-state index contributed by atoms with van der Waals surface area (Å²) < 4.78 is 0. The number of nitrogens with one attached hydrogen (secondary N) is 1. The summed E-state index contributed by atoms with van der Waals surface area (Å²) in [4.78, 5) is 13.0. The van der Waals surface area contributed by atoms with E-state index in [1.807, 2.05) is 0 Å². The maximum absolute atomic E-state index is 13.0. The Bertz CT molecular complexity index is 757. The molecule has 2 saturated carbocycles. The van der Waals surface area contributed by atoms with Gasteiger partial charge in [-0.15, -0.1) is 0 Å². The van der Waals surface area contributed by atoms with E-state index in [4.69, 9.17) is 0 Å². The molecule has 1 amide bonds. The van der Waals surface area contributed by atoms with Gasteiger partial charge in [0.25, 0.3) is 0 Å². The Hall–Kier alpha value is -2.09. The molecule has 2 heteroatoms. The first-order valence-corrected chi connectivity index (χ1v) is 11.6. The summed E-state index contributed by atoms with van der Waals surface area (Å²) in [7, 11) is 0. The van der Waals surface area contributed by atoms with Gasteiger partial charge >= 0.3 is 0 Å². The molecule has 4 rings (SSSR count). The van der Waals surface area contributed by atoms with Crippen molar-refractivity contribution in [2.24, 2.45) is 17.8 Å². The Labute approximate surface area is 176 Å². The molecule has 2 nitrogen and oxygen atoms in total. The van der Waals surface area contributed by atoms with Crippen molar-refractivity contribution in [3.63, 3.8) is 0 Å². The number of amides is 1. The standard InChI is InChI=1S/C27H35NO/c29-27(25-15-7-13-23(19-25)17-21-9-3-1-4-10-21)28-26-16-8-14-24(20-26)18-22-11-5-2-6-12-22/h1-6,9-12,23-26H,7-8,13-20H2,(H,28,29). The molecule has 154 valence electrons. The molecule has 2 aromatic rings. The van der Waals surface area contributed by atoms with Crippen LogP contribution in [-0.4, -0.2) is 11.9 Å². The smallest absolute Gasteiger partial charge is 0.223 e. The van der Waals surface area contributed by atoms with Crippen LogP contribution in [0, 0.1) is 17.8 Å². The van der Waals surface area contributed by atoms with E-state index in [0.717, 1.165) is 38.5 Å². The second-order valence-corrected chi connectivity index (χ2v) is 9.35. The molecular formula is C27H35NO. The minimum Gasteiger partial charge on any atom is -0.353 e. The second kappa shape index (κ2) is 10.1. The summed E-state index contributed by atoms with van der Waals surface area (Å²) in [5.74, 6) is 1.90. The fourth-order valence-electron chi connectivity index (χ4n) is 5.54. The molecular weight excluding hydrogens is 354 g/mol. The van der Waals surface area contributed by atoms with E-state index in [1.54, 1.807) is 0 Å². The summed E-state index contributed by atoms with van der Waals surface area (Å²) in [5, 5.41) is 3.45. The van der Waals surface area contributed by atoms with Gasteiger partial charge in [0.05, 0.1) is 0 Å². The number of carbonyl (C=O) groups excluding carboxylic acids is 1. The van der Waals surface area contributed by atoms with Crippen molar-refractivity contribution in [3.8, 4) is 0 Å². The highest BCUT2D eigenvalue weighted by molar-refractivity contribution is 5.79. The molecule has 29 heavy (non-hydrogen) atoms. The predicted octanol–water partition coefficient (Wildman–Crippen LogP) is 5.95. The lowest BCUT2D eigenvalue weighted by Gasteiger charge is -2.33. The zero-order valence-corrected chi connectivity index (χ0v) is 17.6. The quantitative estimate of drug-likeness (QED) is 0.649. The molecule has 0 aliphatic heterocycles. The molecule has 1 N–H and O–H groups in total. The molecule has 2 aliphatic carbocycles. The molecule has 4 atom stereocenters. The van der Waals surface area contributed by atoms with E-state index in [2.05, 4.69) is 66.0 Å². The van der Waals surface area contributed by atoms with Crippen LogP contribution in [-0.2, 0) is 17.6 Å². The van der Waals surface area contributed by atoms with Crippen LogP contribution in [0.5, 0.6) is 0 Å². The zero-order chi connectivity index (χ0) is 19.9. The van der Waals surface area contributed by atoms with Crippen molar-refractivity contribution >= 4 is 5.91 Å². The minimum atomic E-state index is 0.215. The molecule has 2 aromatic carbocycles. The molecule has 0 spiro atoms. The number of hydrogen-bond donors (Lipinski definition) is 1. The van der Waals surface area contributed by atoms with Gasteiger partial charge in [-0.3, -0.25) is 4.79 Å². The SMILES string of the molecule is O=C(NC1CCCC(Cc2ccccc2)C1)C1CCCC(Cc2ccccc2)C1. The van der Waals surface area contributed by atoms with E-state index in [9.17, 15) is 4.79 Å². The van der Waals surface area contributed by atoms with Crippen molar-refractivity contribution in [1.82, 2.24) is 5.32 Å². The van der Waals surface area contributed by atoms with Crippen LogP contribution in [0.1, 0.15) is 62.5 Å². The predicted molar refractivity (Wildman–Crippen MR) is 120 cm³/mol. The second-order valence-electron chi connectivity index (χ2n) is 9.35. The van der Waals surface area contributed by atoms with Gasteiger partial charge in [-0.2, -0.15) is 0 Å². The summed E-state index contributed by atoms with van der Waals surface area (Å²) in [6, 6.07) is 22.0. The third-order valence-corrected chi connectivity index (χ3v) is 7.02. The normalized spacial score (nSPS) is 27.3. The number of carbonyl (C=O) groups is 1. The van der Waals surface area contributed by atoms with Crippen molar-refractivity contribution in [2.75, 3.05) is 0 Å². The van der Waals surface area contributed by atoms with Crippen LogP contribution in [0.3, 0.4) is 0 Å². The maximum Gasteiger partial charge on any atom is 0.223 e. The van der Waals surface area contributed by atoms with Gasteiger partial charge < -0.3 is 5.32 Å². The van der Waals surface area contributed by atoms with Crippen LogP contribution in [0.4, 0.5) is 0 Å². The third-order valence-electron chi connectivity index (χ3n) is 7.02. The van der Waals surface area contributed by atoms with Gasteiger partial charge in [0.1, 0.15) is 0 Å². The van der Waals surface area contributed by atoms with Crippen LogP contribution in [0.15, 0.2) is 60.7 Å². The first-order valence-electron chi connectivity index (χ1n) is 11.6. The summed E-state index contributed by atoms with van der Waals surface area (Å²) in [6.45, 7) is 0. The van der Waals surface area contributed by atoms with Crippen LogP contribution in [0.25, 0.3) is 0 Å². The monoisotopic (exact) mass is 389 g/mol. The highest BCUT2D eigenvalue weighted by Crippen LogP contribution is 2.33. The van der Waals surface area contributed by atoms with Gasteiger partial charge in [-0.25, -0.2) is 0 Å². The minimum absolute atomic E-state index is 0.215. The summed E-state index contributed by atoms with van der Waals surface area (Å²) >= 11 is 0. The fourth-order valence-corrected chi connectivity index (χ4v) is 5.54. The zero-order valence-electron chi connectivity index (χ0n) is 17.6. The van der Waals surface area contributed by atoms with Gasteiger partial charge in [0.2, 0.25) is 5.91 Å². The highest BCUT2D eigenvalue weighted by Gasteiger charge is 2.30. The first kappa shape index (κ1) is 20.2. The van der Waals surface area contributed by atoms with E-state index in [-0.39, 0.29) is 5.92 Å². The van der Waals surface area contributed by atoms with Crippen molar-refractivity contribution in [3.05, 3.63) is 71.8 Å². The lowest BCUT2D eigenvalue weighted by molar-refractivity contribution is -0.127. The van der Waals surface area contributed by atoms with Crippen molar-refractivity contribution in [1.29, 1.82) is 0 Å². The van der Waals surface area contributed by atoms with Crippen molar-refractivity contribution < 1.29 is 4.79 Å². The van der Waals surface area contributed by atoms with Crippen LogP contribution >= 0.6 is 0 Å². The highest BCUT2D eigenvalue weighted by atomic mass is 16.1. The van der Waals surface area contributed by atoms with E-state index in [1.165, 1.54) is 36.8 Å². The molecule has 2 aliphatic rings. The molecule has 4 unspecified atom stereocenters. The number of hydrogen-bond acceptors (Lipinski definition) is 1. The Balaban J connectivity index is 1.27. The lowest BCUT2D eigenvalue weighted by Crippen LogP contribution is -2.43. The largest absolute Gasteiger partial charge is 0.353 e. The maximum atomic E-state index is 13.0. The summed E-state index contributed by atoms with van der Waals surface area (Å²) in [6.07, 6.45) is 11.7. The Kier molecular flexibility index (Phi) is 7.03. The van der Waals surface area contributed by atoms with Gasteiger partial charge in [0.15, 0.2) is 0 Å². The molecule has 2 fully saturated rings. The topological polar surface area (TPSA) is 29.1 Å². The molecule has 0 saturated heterocycles. The van der Waals surface area contributed by atoms with Crippen LogP contribution in [0.2, 0.25) is 0 Å². The molecule has 0 heterocycles. The molecule has 0 aromatic heterocycles. The fraction of sp³-hybridized carbons (Fsp3) is 0.519. The number of rotatable bonds is 6. The van der Waals surface area contributed by atoms with Gasteiger partial charge in [-0.1, -0.05) is 79.9 Å². The Morgan fingerprint density at radius 1 is 0.724 bits per heavy atom. The average Bonchev–Trinajstić information content (AvgIpc) is 2.76. The number of benzene rings is 2. The van der Waals surface area contributed by atoms with Gasteiger partial charge in [0, 0.05) is 12.0 Å². The Morgan fingerprint density at radius 2 is 1.28 bits per heavy atom. The molecule has 0 radical (unpaired) electrons. The average molecular weight is 390 g/mol. The first-order chi connectivity index (χ1) is 14.3. The van der Waals surface area contributed by atoms with E-state index < -0.39 is 0 Å². The summed E-state index contributed by atoms with van der Waals surface area (Å²) in [5.41, 5.74) is 2.84. The van der Waals surface area contributed by atoms with E-state index >= 15 is 0 Å². The van der Waals surface area contributed by atoms with E-state index in [0.29, 0.717) is 23.8 Å². The molecule has 0 bridgehead atoms. The van der Waals surface area contributed by atoms with Gasteiger partial charge in [-0.05, 0) is 67.9 Å². The Morgan fingerprint density at radius 3 is 1.90 bits per heavy atom. The lowest BCUT2D eigenvalue weighted by atomic mass is 9.77.